The Kier molecular flexibility index (Phi) is 3.79. The Labute approximate surface area is 106 Å². The van der Waals surface area contributed by atoms with Crippen molar-refractivity contribution in [3.63, 3.8) is 0 Å². The molecule has 2 rings (SSSR count). The van der Waals surface area contributed by atoms with Crippen LogP contribution in [0.1, 0.15) is 34.4 Å². The molecule has 1 aliphatic heterocycles. The molecule has 1 saturated heterocycles. The molecule has 0 radical (unpaired) electrons. The second kappa shape index (κ2) is 5.14. The molecular weight excluding hydrogens is 234 g/mol. The molecule has 0 spiro atoms. The van der Waals surface area contributed by atoms with Crippen molar-refractivity contribution >= 4 is 17.2 Å². The normalized spacial score (nSPS) is 22.5. The summed E-state index contributed by atoms with van der Waals surface area (Å²) in [6, 6.07) is 0.161. The fourth-order valence-corrected chi connectivity index (χ4v) is 2.99. The standard InChI is InChI=1S/C12H19N3OS/c1-8(13)10-4-3-5-15(7-10)12(16)11-6-14-9(2)17-11/h6,8,10H,3-5,7,13H2,1-2H3. The van der Waals surface area contributed by atoms with Crippen LogP contribution in [0.5, 0.6) is 0 Å². The van der Waals surface area contributed by atoms with Crippen molar-refractivity contribution in [2.45, 2.75) is 32.7 Å². The summed E-state index contributed by atoms with van der Waals surface area (Å²) in [6.07, 6.45) is 3.86. The van der Waals surface area contributed by atoms with Gasteiger partial charge in [-0.15, -0.1) is 11.3 Å². The van der Waals surface area contributed by atoms with E-state index in [-0.39, 0.29) is 11.9 Å². The van der Waals surface area contributed by atoms with E-state index in [2.05, 4.69) is 4.98 Å². The van der Waals surface area contributed by atoms with Crippen LogP contribution in [-0.4, -0.2) is 34.9 Å². The van der Waals surface area contributed by atoms with Gasteiger partial charge in [-0.25, -0.2) is 4.98 Å². The van der Waals surface area contributed by atoms with Gasteiger partial charge in [-0.2, -0.15) is 0 Å². The first-order valence-corrected chi connectivity index (χ1v) is 6.87. The van der Waals surface area contributed by atoms with Gasteiger partial charge < -0.3 is 10.6 Å². The number of amides is 1. The number of thiazole rings is 1. The lowest BCUT2D eigenvalue weighted by Crippen LogP contribution is -2.44. The molecule has 2 heterocycles. The number of carbonyl (C=O) groups excluding carboxylic acids is 1. The van der Waals surface area contributed by atoms with Crippen molar-refractivity contribution in [3.8, 4) is 0 Å². The number of nitrogens with two attached hydrogens (primary N) is 1. The van der Waals surface area contributed by atoms with Crippen molar-refractivity contribution < 1.29 is 4.79 Å². The van der Waals surface area contributed by atoms with E-state index in [0.29, 0.717) is 5.92 Å². The zero-order valence-corrected chi connectivity index (χ0v) is 11.2. The van der Waals surface area contributed by atoms with Gasteiger partial charge in [-0.1, -0.05) is 0 Å². The number of rotatable bonds is 2. The zero-order chi connectivity index (χ0) is 12.4. The molecule has 1 amide bonds. The van der Waals surface area contributed by atoms with Gasteiger partial charge in [0.1, 0.15) is 4.88 Å². The van der Waals surface area contributed by atoms with Crippen LogP contribution < -0.4 is 5.73 Å². The Hall–Kier alpha value is -0.940. The van der Waals surface area contributed by atoms with Crippen LogP contribution in [0.15, 0.2) is 6.20 Å². The minimum atomic E-state index is 0.112. The molecule has 0 bridgehead atoms. The summed E-state index contributed by atoms with van der Waals surface area (Å²) in [6.45, 7) is 5.57. The average Bonchev–Trinajstić information content (AvgIpc) is 2.75. The summed E-state index contributed by atoms with van der Waals surface area (Å²) in [5, 5.41) is 0.939. The number of aryl methyl sites for hydroxylation is 1. The molecule has 4 nitrogen and oxygen atoms in total. The smallest absolute Gasteiger partial charge is 0.265 e. The van der Waals surface area contributed by atoms with E-state index < -0.39 is 0 Å². The van der Waals surface area contributed by atoms with Crippen molar-refractivity contribution in [1.82, 2.24) is 9.88 Å². The average molecular weight is 253 g/mol. The van der Waals surface area contributed by atoms with Crippen molar-refractivity contribution in [1.29, 1.82) is 0 Å². The molecule has 1 aromatic heterocycles. The summed E-state index contributed by atoms with van der Waals surface area (Å²) in [5.41, 5.74) is 5.92. The van der Waals surface area contributed by atoms with E-state index >= 15 is 0 Å². The minimum Gasteiger partial charge on any atom is -0.338 e. The van der Waals surface area contributed by atoms with Crippen LogP contribution in [-0.2, 0) is 0 Å². The second-order valence-corrected chi connectivity index (χ2v) is 5.99. The molecule has 2 N–H and O–H groups in total. The fourth-order valence-electron chi connectivity index (χ4n) is 2.24. The lowest BCUT2D eigenvalue weighted by Gasteiger charge is -2.34. The first-order chi connectivity index (χ1) is 8.08. The maximum atomic E-state index is 12.2. The molecule has 2 unspecified atom stereocenters. The van der Waals surface area contributed by atoms with Gasteiger partial charge in [0.2, 0.25) is 0 Å². The highest BCUT2D eigenvalue weighted by Gasteiger charge is 2.27. The van der Waals surface area contributed by atoms with Crippen molar-refractivity contribution in [3.05, 3.63) is 16.1 Å². The van der Waals surface area contributed by atoms with E-state index in [4.69, 9.17) is 5.73 Å². The number of hydrogen-bond acceptors (Lipinski definition) is 4. The number of nitrogens with zero attached hydrogens (tertiary/aromatic N) is 2. The third kappa shape index (κ3) is 2.84. The Bertz CT molecular complexity index is 402. The SMILES string of the molecule is Cc1ncc(C(=O)N2CCCC(C(C)N)C2)s1. The Morgan fingerprint density at radius 2 is 2.47 bits per heavy atom. The molecule has 0 aliphatic carbocycles. The van der Waals surface area contributed by atoms with Gasteiger partial charge in [0.25, 0.3) is 5.91 Å². The van der Waals surface area contributed by atoms with Crippen LogP contribution in [0.3, 0.4) is 0 Å². The summed E-state index contributed by atoms with van der Waals surface area (Å²) < 4.78 is 0. The maximum absolute atomic E-state index is 12.2. The van der Waals surface area contributed by atoms with E-state index in [9.17, 15) is 4.79 Å². The number of likely N-dealkylation sites (tertiary alicyclic amines) is 1. The van der Waals surface area contributed by atoms with E-state index in [0.717, 1.165) is 35.8 Å². The summed E-state index contributed by atoms with van der Waals surface area (Å²) in [7, 11) is 0. The third-order valence-electron chi connectivity index (χ3n) is 3.32. The number of carbonyl (C=O) groups is 1. The molecule has 94 valence electrons. The highest BCUT2D eigenvalue weighted by molar-refractivity contribution is 7.13. The van der Waals surface area contributed by atoms with E-state index in [1.807, 2.05) is 18.7 Å². The quantitative estimate of drug-likeness (QED) is 0.872. The molecule has 2 atom stereocenters. The minimum absolute atomic E-state index is 0.112. The van der Waals surface area contributed by atoms with Gasteiger partial charge in [-0.05, 0) is 32.6 Å². The topological polar surface area (TPSA) is 59.2 Å². The zero-order valence-electron chi connectivity index (χ0n) is 10.3. The van der Waals surface area contributed by atoms with Crippen LogP contribution >= 0.6 is 11.3 Å². The van der Waals surface area contributed by atoms with Gasteiger partial charge in [0, 0.05) is 19.1 Å². The summed E-state index contributed by atoms with van der Waals surface area (Å²) in [4.78, 5) is 19.0. The lowest BCUT2D eigenvalue weighted by atomic mass is 9.92. The van der Waals surface area contributed by atoms with Crippen LogP contribution in [0.25, 0.3) is 0 Å². The van der Waals surface area contributed by atoms with E-state index in [1.165, 1.54) is 11.3 Å². The first kappa shape index (κ1) is 12.5. The number of piperidine rings is 1. The van der Waals surface area contributed by atoms with Gasteiger partial charge in [0.05, 0.1) is 11.2 Å². The molecule has 0 aromatic carbocycles. The molecule has 1 fully saturated rings. The molecule has 1 aromatic rings. The molecule has 17 heavy (non-hydrogen) atoms. The van der Waals surface area contributed by atoms with Crippen molar-refractivity contribution in [2.24, 2.45) is 11.7 Å². The molecule has 0 saturated carbocycles. The predicted molar refractivity (Wildman–Crippen MR) is 69.1 cm³/mol. The number of hydrogen-bond donors (Lipinski definition) is 1. The largest absolute Gasteiger partial charge is 0.338 e. The van der Waals surface area contributed by atoms with Crippen LogP contribution in [0, 0.1) is 12.8 Å². The summed E-state index contributed by atoms with van der Waals surface area (Å²) >= 11 is 1.47. The molecule has 1 aliphatic rings. The van der Waals surface area contributed by atoms with Gasteiger partial charge in [0.15, 0.2) is 0 Å². The Morgan fingerprint density at radius 1 is 1.71 bits per heavy atom. The first-order valence-electron chi connectivity index (χ1n) is 6.05. The van der Waals surface area contributed by atoms with Crippen molar-refractivity contribution in [2.75, 3.05) is 13.1 Å². The number of aromatic nitrogens is 1. The third-order valence-corrected chi connectivity index (χ3v) is 4.22. The van der Waals surface area contributed by atoms with Gasteiger partial charge in [-0.3, -0.25) is 4.79 Å². The monoisotopic (exact) mass is 253 g/mol. The highest BCUT2D eigenvalue weighted by atomic mass is 32.1. The van der Waals surface area contributed by atoms with Crippen LogP contribution in [0.4, 0.5) is 0 Å². The fraction of sp³-hybridized carbons (Fsp3) is 0.667. The Balaban J connectivity index is 2.04. The lowest BCUT2D eigenvalue weighted by molar-refractivity contribution is 0.0665. The maximum Gasteiger partial charge on any atom is 0.265 e. The summed E-state index contributed by atoms with van der Waals surface area (Å²) in [5.74, 6) is 0.544. The highest BCUT2D eigenvalue weighted by Crippen LogP contribution is 2.22. The molecular formula is C12H19N3OS. The molecule has 5 heteroatoms. The Morgan fingerprint density at radius 3 is 3.06 bits per heavy atom. The predicted octanol–water partition coefficient (Wildman–Crippen LogP) is 1.65. The van der Waals surface area contributed by atoms with Gasteiger partial charge >= 0.3 is 0 Å². The van der Waals surface area contributed by atoms with E-state index in [1.54, 1.807) is 6.20 Å². The van der Waals surface area contributed by atoms with Crippen LogP contribution in [0.2, 0.25) is 0 Å². The second-order valence-electron chi connectivity index (χ2n) is 4.76.